The highest BCUT2D eigenvalue weighted by Gasteiger charge is 2.28. The fourth-order valence-corrected chi connectivity index (χ4v) is 2.53. The fraction of sp³-hybridized carbons (Fsp3) is 0.250. The van der Waals surface area contributed by atoms with E-state index in [1.54, 1.807) is 12.1 Å². The first kappa shape index (κ1) is 13.7. The Morgan fingerprint density at radius 1 is 1.24 bits per heavy atom. The maximum atomic E-state index is 13.3. The second kappa shape index (κ2) is 5.26. The standard InChI is InChI=1S/C16H15FO4/c1-20-14-5-2-9(6-13(14)19)15-8-12(18)11-4-3-10(17)7-16(11)21-15/h2-7,12,15,18-19H,8H2,1H3. The van der Waals surface area contributed by atoms with E-state index in [9.17, 15) is 14.6 Å². The maximum absolute atomic E-state index is 13.3. The number of methoxy groups -OCH3 is 1. The van der Waals surface area contributed by atoms with Crippen LogP contribution >= 0.6 is 0 Å². The van der Waals surface area contributed by atoms with Gasteiger partial charge in [-0.25, -0.2) is 4.39 Å². The van der Waals surface area contributed by atoms with Gasteiger partial charge in [-0.05, 0) is 29.8 Å². The minimum absolute atomic E-state index is 0.00173. The normalized spacial score (nSPS) is 20.5. The topological polar surface area (TPSA) is 58.9 Å². The summed E-state index contributed by atoms with van der Waals surface area (Å²) in [5, 5.41) is 20.0. The summed E-state index contributed by atoms with van der Waals surface area (Å²) in [5.74, 6) is 0.271. The summed E-state index contributed by atoms with van der Waals surface area (Å²) in [7, 11) is 1.47. The Morgan fingerprint density at radius 2 is 2.05 bits per heavy atom. The van der Waals surface area contributed by atoms with Crippen molar-refractivity contribution in [1.29, 1.82) is 0 Å². The van der Waals surface area contributed by atoms with Crippen LogP contribution in [0, 0.1) is 5.82 Å². The minimum atomic E-state index is -0.733. The Hall–Kier alpha value is -2.27. The molecule has 0 saturated carbocycles. The van der Waals surface area contributed by atoms with Crippen molar-refractivity contribution in [2.24, 2.45) is 0 Å². The van der Waals surface area contributed by atoms with E-state index >= 15 is 0 Å². The number of phenols is 1. The molecule has 0 amide bonds. The Kier molecular flexibility index (Phi) is 3.43. The van der Waals surface area contributed by atoms with Gasteiger partial charge in [0.2, 0.25) is 0 Å². The molecule has 1 heterocycles. The summed E-state index contributed by atoms with van der Waals surface area (Å²) in [6.45, 7) is 0. The SMILES string of the molecule is COc1ccc(C2CC(O)c3ccc(F)cc3O2)cc1O. The van der Waals surface area contributed by atoms with E-state index in [1.165, 1.54) is 31.4 Å². The van der Waals surface area contributed by atoms with Gasteiger partial charge in [-0.1, -0.05) is 6.07 Å². The monoisotopic (exact) mass is 290 g/mol. The third-order valence-corrected chi connectivity index (χ3v) is 3.62. The summed E-state index contributed by atoms with van der Waals surface area (Å²) in [4.78, 5) is 0. The minimum Gasteiger partial charge on any atom is -0.504 e. The summed E-state index contributed by atoms with van der Waals surface area (Å²) in [5.41, 5.74) is 1.27. The average molecular weight is 290 g/mol. The van der Waals surface area contributed by atoms with Gasteiger partial charge in [0.25, 0.3) is 0 Å². The molecule has 0 saturated heterocycles. The number of aliphatic hydroxyl groups excluding tert-OH is 1. The zero-order chi connectivity index (χ0) is 15.0. The first-order valence-electron chi connectivity index (χ1n) is 6.59. The average Bonchev–Trinajstić information content (AvgIpc) is 2.46. The van der Waals surface area contributed by atoms with Crippen molar-refractivity contribution in [2.75, 3.05) is 7.11 Å². The molecule has 0 fully saturated rings. The first-order chi connectivity index (χ1) is 10.1. The molecule has 2 aromatic carbocycles. The van der Waals surface area contributed by atoms with Crippen LogP contribution in [-0.4, -0.2) is 17.3 Å². The van der Waals surface area contributed by atoms with E-state index < -0.39 is 18.0 Å². The molecule has 1 aliphatic heterocycles. The highest BCUT2D eigenvalue weighted by molar-refractivity contribution is 5.44. The number of fused-ring (bicyclic) bond motifs is 1. The molecule has 0 spiro atoms. The number of benzene rings is 2. The van der Waals surface area contributed by atoms with E-state index in [4.69, 9.17) is 9.47 Å². The van der Waals surface area contributed by atoms with Crippen LogP contribution in [0.25, 0.3) is 0 Å². The Balaban J connectivity index is 1.93. The lowest BCUT2D eigenvalue weighted by atomic mass is 9.95. The van der Waals surface area contributed by atoms with Crippen molar-refractivity contribution in [3.8, 4) is 17.2 Å². The first-order valence-corrected chi connectivity index (χ1v) is 6.59. The molecule has 2 aromatic rings. The van der Waals surface area contributed by atoms with E-state index in [0.29, 0.717) is 29.0 Å². The van der Waals surface area contributed by atoms with E-state index in [2.05, 4.69) is 0 Å². The lowest BCUT2D eigenvalue weighted by molar-refractivity contribution is 0.0652. The smallest absolute Gasteiger partial charge is 0.160 e. The number of halogens is 1. The lowest BCUT2D eigenvalue weighted by Crippen LogP contribution is -2.19. The quantitative estimate of drug-likeness (QED) is 0.892. The molecule has 3 rings (SSSR count). The molecule has 0 aliphatic carbocycles. The van der Waals surface area contributed by atoms with Gasteiger partial charge in [-0.15, -0.1) is 0 Å². The second-order valence-electron chi connectivity index (χ2n) is 4.97. The van der Waals surface area contributed by atoms with Crippen LogP contribution in [0.1, 0.15) is 29.8 Å². The number of aliphatic hydroxyl groups is 1. The molecule has 0 aromatic heterocycles. The highest BCUT2D eigenvalue weighted by Crippen LogP contribution is 2.42. The summed E-state index contributed by atoms with van der Waals surface area (Å²) < 4.78 is 24.0. The molecule has 110 valence electrons. The Morgan fingerprint density at radius 3 is 2.76 bits per heavy atom. The van der Waals surface area contributed by atoms with E-state index in [-0.39, 0.29) is 5.75 Å². The Bertz CT molecular complexity index is 671. The summed E-state index contributed by atoms with van der Waals surface area (Å²) >= 11 is 0. The molecule has 2 atom stereocenters. The zero-order valence-electron chi connectivity index (χ0n) is 11.4. The maximum Gasteiger partial charge on any atom is 0.160 e. The molecular weight excluding hydrogens is 275 g/mol. The van der Waals surface area contributed by atoms with Gasteiger partial charge in [-0.2, -0.15) is 0 Å². The molecule has 2 N–H and O–H groups in total. The number of phenolic OH excluding ortho intramolecular Hbond substituents is 1. The number of hydrogen-bond donors (Lipinski definition) is 2. The van der Waals surface area contributed by atoms with Crippen LogP contribution in [0.3, 0.4) is 0 Å². The number of hydrogen-bond acceptors (Lipinski definition) is 4. The van der Waals surface area contributed by atoms with E-state index in [0.717, 1.165) is 0 Å². The van der Waals surface area contributed by atoms with Crippen LogP contribution in [0.4, 0.5) is 4.39 Å². The fourth-order valence-electron chi connectivity index (χ4n) is 2.53. The summed E-state index contributed by atoms with van der Waals surface area (Å²) in [6.07, 6.45) is -0.848. The van der Waals surface area contributed by atoms with Crippen LogP contribution < -0.4 is 9.47 Å². The highest BCUT2D eigenvalue weighted by atomic mass is 19.1. The van der Waals surface area contributed by atoms with E-state index in [1.807, 2.05) is 0 Å². The van der Waals surface area contributed by atoms with Crippen molar-refractivity contribution in [3.63, 3.8) is 0 Å². The van der Waals surface area contributed by atoms with Gasteiger partial charge < -0.3 is 19.7 Å². The lowest BCUT2D eigenvalue weighted by Gasteiger charge is -2.30. The number of ether oxygens (including phenoxy) is 2. The predicted molar refractivity (Wildman–Crippen MR) is 74.0 cm³/mol. The van der Waals surface area contributed by atoms with Gasteiger partial charge in [0, 0.05) is 18.1 Å². The third kappa shape index (κ3) is 2.52. The number of rotatable bonds is 2. The van der Waals surface area contributed by atoms with Crippen molar-refractivity contribution in [3.05, 3.63) is 53.3 Å². The van der Waals surface area contributed by atoms with Gasteiger partial charge in [-0.3, -0.25) is 0 Å². The molecule has 21 heavy (non-hydrogen) atoms. The molecular formula is C16H15FO4. The van der Waals surface area contributed by atoms with Crippen LogP contribution in [0.15, 0.2) is 36.4 Å². The summed E-state index contributed by atoms with van der Waals surface area (Å²) in [6, 6.07) is 8.98. The van der Waals surface area contributed by atoms with Crippen molar-refractivity contribution in [2.45, 2.75) is 18.6 Å². The molecule has 0 bridgehead atoms. The van der Waals surface area contributed by atoms with Crippen molar-refractivity contribution < 1.29 is 24.1 Å². The van der Waals surface area contributed by atoms with Crippen LogP contribution in [-0.2, 0) is 0 Å². The largest absolute Gasteiger partial charge is 0.504 e. The Labute approximate surface area is 121 Å². The van der Waals surface area contributed by atoms with Crippen LogP contribution in [0.2, 0.25) is 0 Å². The zero-order valence-corrected chi connectivity index (χ0v) is 11.4. The molecule has 5 heteroatoms. The molecule has 0 radical (unpaired) electrons. The van der Waals surface area contributed by atoms with Gasteiger partial charge in [0.15, 0.2) is 11.5 Å². The van der Waals surface area contributed by atoms with Crippen LogP contribution in [0.5, 0.6) is 17.2 Å². The molecule has 1 aliphatic rings. The van der Waals surface area contributed by atoms with Gasteiger partial charge in [0.05, 0.1) is 13.2 Å². The van der Waals surface area contributed by atoms with Gasteiger partial charge in [0.1, 0.15) is 17.7 Å². The third-order valence-electron chi connectivity index (χ3n) is 3.62. The van der Waals surface area contributed by atoms with Crippen molar-refractivity contribution >= 4 is 0 Å². The predicted octanol–water partition coefficient (Wildman–Crippen LogP) is 3.10. The molecule has 4 nitrogen and oxygen atoms in total. The van der Waals surface area contributed by atoms with Gasteiger partial charge >= 0.3 is 0 Å². The number of aromatic hydroxyl groups is 1. The van der Waals surface area contributed by atoms with Crippen molar-refractivity contribution in [1.82, 2.24) is 0 Å². The molecule has 2 unspecified atom stereocenters. The second-order valence-corrected chi connectivity index (χ2v) is 4.97.